The first-order chi connectivity index (χ1) is 15.6. The van der Waals surface area contributed by atoms with Crippen LogP contribution in [0.25, 0.3) is 22.5 Å². The first-order valence-corrected chi connectivity index (χ1v) is 9.66. The van der Waals surface area contributed by atoms with Crippen LogP contribution in [-0.4, -0.2) is 18.2 Å². The van der Waals surface area contributed by atoms with Crippen molar-refractivity contribution in [2.45, 2.75) is 0 Å². The van der Waals surface area contributed by atoms with Gasteiger partial charge < -0.3 is 9.15 Å². The molecule has 0 unspecified atom stereocenters. The summed E-state index contributed by atoms with van der Waals surface area (Å²) in [6, 6.07) is 25.6. The van der Waals surface area contributed by atoms with Gasteiger partial charge in [0.1, 0.15) is 17.4 Å². The standard InChI is InChI=1S/C25H17N3O4/c1-31-22-13-12-17(14-21(22)28(29)30)16-27-25-20(15-26)23(18-8-4-2-5-9-18)24(32-25)19-10-6-3-7-11-19/h2-14,16H,1H3. The van der Waals surface area contributed by atoms with Gasteiger partial charge in [-0.1, -0.05) is 60.7 Å². The highest BCUT2D eigenvalue weighted by Crippen LogP contribution is 2.42. The zero-order valence-electron chi connectivity index (χ0n) is 17.1. The smallest absolute Gasteiger partial charge is 0.311 e. The molecule has 0 saturated heterocycles. The van der Waals surface area contributed by atoms with Crippen molar-refractivity contribution < 1.29 is 14.1 Å². The second-order valence-electron chi connectivity index (χ2n) is 6.78. The Hall–Kier alpha value is -4.70. The van der Waals surface area contributed by atoms with Gasteiger partial charge in [0, 0.05) is 23.4 Å². The van der Waals surface area contributed by atoms with Crippen molar-refractivity contribution in [1.82, 2.24) is 0 Å². The van der Waals surface area contributed by atoms with Crippen LogP contribution >= 0.6 is 0 Å². The number of furan rings is 1. The number of ether oxygens (including phenoxy) is 1. The summed E-state index contributed by atoms with van der Waals surface area (Å²) < 4.78 is 11.1. The van der Waals surface area contributed by atoms with E-state index in [-0.39, 0.29) is 22.9 Å². The lowest BCUT2D eigenvalue weighted by Gasteiger charge is -2.03. The molecule has 0 radical (unpaired) electrons. The van der Waals surface area contributed by atoms with E-state index in [1.54, 1.807) is 6.07 Å². The van der Waals surface area contributed by atoms with E-state index >= 15 is 0 Å². The Morgan fingerprint density at radius 1 is 1.03 bits per heavy atom. The third-order valence-corrected chi connectivity index (χ3v) is 4.83. The van der Waals surface area contributed by atoms with Crippen molar-refractivity contribution in [2.75, 3.05) is 7.11 Å². The van der Waals surface area contributed by atoms with E-state index in [1.807, 2.05) is 60.7 Å². The van der Waals surface area contributed by atoms with E-state index in [0.29, 0.717) is 16.9 Å². The van der Waals surface area contributed by atoms with E-state index in [0.717, 1.165) is 11.1 Å². The monoisotopic (exact) mass is 423 g/mol. The Balaban J connectivity index is 1.84. The molecule has 0 aliphatic heterocycles. The zero-order chi connectivity index (χ0) is 22.5. The number of nitro groups is 1. The second kappa shape index (κ2) is 8.98. The summed E-state index contributed by atoms with van der Waals surface area (Å²) in [5, 5.41) is 21.2. The minimum Gasteiger partial charge on any atom is -0.490 e. The number of hydrogen-bond acceptors (Lipinski definition) is 6. The number of methoxy groups -OCH3 is 1. The summed E-state index contributed by atoms with van der Waals surface area (Å²) in [7, 11) is 1.37. The summed E-state index contributed by atoms with van der Waals surface area (Å²) in [4.78, 5) is 15.1. The van der Waals surface area contributed by atoms with Crippen molar-refractivity contribution in [3.8, 4) is 34.3 Å². The van der Waals surface area contributed by atoms with Gasteiger partial charge in [0.2, 0.25) is 5.88 Å². The molecular formula is C25H17N3O4. The Morgan fingerprint density at radius 2 is 1.69 bits per heavy atom. The van der Waals surface area contributed by atoms with Crippen LogP contribution in [0, 0.1) is 21.4 Å². The molecule has 0 N–H and O–H groups in total. The van der Waals surface area contributed by atoms with Gasteiger partial charge in [-0.2, -0.15) is 5.26 Å². The highest BCUT2D eigenvalue weighted by atomic mass is 16.6. The SMILES string of the molecule is COc1ccc(C=Nc2oc(-c3ccccc3)c(-c3ccccc3)c2C#N)cc1[N+](=O)[O-]. The lowest BCUT2D eigenvalue weighted by Crippen LogP contribution is -1.95. The normalized spacial score (nSPS) is 10.8. The molecule has 156 valence electrons. The highest BCUT2D eigenvalue weighted by molar-refractivity contribution is 5.90. The maximum absolute atomic E-state index is 11.3. The Bertz CT molecular complexity index is 1340. The topological polar surface area (TPSA) is 102 Å². The van der Waals surface area contributed by atoms with E-state index in [4.69, 9.17) is 9.15 Å². The van der Waals surface area contributed by atoms with Gasteiger partial charge in [-0.25, -0.2) is 4.99 Å². The van der Waals surface area contributed by atoms with Crippen molar-refractivity contribution in [3.63, 3.8) is 0 Å². The third kappa shape index (κ3) is 3.98. The Labute approximate surface area is 184 Å². The molecule has 0 amide bonds. The van der Waals surface area contributed by atoms with Crippen LogP contribution in [0.5, 0.6) is 5.75 Å². The van der Waals surface area contributed by atoms with Gasteiger partial charge in [-0.15, -0.1) is 0 Å². The number of aliphatic imine (C=N–C) groups is 1. The lowest BCUT2D eigenvalue weighted by atomic mass is 9.98. The maximum Gasteiger partial charge on any atom is 0.311 e. The van der Waals surface area contributed by atoms with Crippen LogP contribution in [0.3, 0.4) is 0 Å². The molecule has 7 heteroatoms. The van der Waals surface area contributed by atoms with Gasteiger partial charge in [-0.05, 0) is 23.3 Å². The van der Waals surface area contributed by atoms with Crippen LogP contribution in [0.2, 0.25) is 0 Å². The molecular weight excluding hydrogens is 406 g/mol. The number of nitro benzene ring substituents is 1. The van der Waals surface area contributed by atoms with Crippen LogP contribution in [0.15, 0.2) is 88.3 Å². The molecule has 0 atom stereocenters. The lowest BCUT2D eigenvalue weighted by molar-refractivity contribution is -0.385. The third-order valence-electron chi connectivity index (χ3n) is 4.83. The predicted octanol–water partition coefficient (Wildman–Crippen LogP) is 6.15. The fourth-order valence-electron chi connectivity index (χ4n) is 3.35. The number of nitrogens with zero attached hydrogens (tertiary/aromatic N) is 3. The summed E-state index contributed by atoms with van der Waals surface area (Å²) in [5.41, 5.74) is 2.87. The Morgan fingerprint density at radius 3 is 2.28 bits per heavy atom. The molecule has 0 fully saturated rings. The summed E-state index contributed by atoms with van der Waals surface area (Å²) in [6.45, 7) is 0. The van der Waals surface area contributed by atoms with Crippen LogP contribution in [0.4, 0.5) is 11.6 Å². The average molecular weight is 423 g/mol. The first-order valence-electron chi connectivity index (χ1n) is 9.66. The summed E-state index contributed by atoms with van der Waals surface area (Å²) in [6.07, 6.45) is 1.43. The maximum atomic E-state index is 11.3. The van der Waals surface area contributed by atoms with Crippen molar-refractivity contribution in [1.29, 1.82) is 5.26 Å². The van der Waals surface area contributed by atoms with Gasteiger partial charge in [0.05, 0.1) is 12.0 Å². The quantitative estimate of drug-likeness (QED) is 0.210. The average Bonchev–Trinajstić information content (AvgIpc) is 3.22. The van der Waals surface area contributed by atoms with Crippen molar-refractivity contribution >= 4 is 17.8 Å². The van der Waals surface area contributed by atoms with Crippen LogP contribution in [0.1, 0.15) is 11.1 Å². The molecule has 1 aromatic heterocycles. The largest absolute Gasteiger partial charge is 0.490 e. The molecule has 3 aromatic carbocycles. The fourth-order valence-corrected chi connectivity index (χ4v) is 3.35. The minimum atomic E-state index is -0.523. The molecule has 1 heterocycles. The molecule has 0 saturated carbocycles. The number of rotatable bonds is 6. The molecule has 32 heavy (non-hydrogen) atoms. The molecule has 4 aromatic rings. The molecule has 0 spiro atoms. The molecule has 0 aliphatic rings. The number of hydrogen-bond donors (Lipinski definition) is 0. The zero-order valence-corrected chi connectivity index (χ0v) is 17.1. The minimum absolute atomic E-state index is 0.128. The highest BCUT2D eigenvalue weighted by Gasteiger charge is 2.22. The van der Waals surface area contributed by atoms with Crippen molar-refractivity contribution in [2.24, 2.45) is 4.99 Å². The molecule has 4 rings (SSSR count). The van der Waals surface area contributed by atoms with E-state index in [9.17, 15) is 15.4 Å². The van der Waals surface area contributed by atoms with Crippen LogP contribution < -0.4 is 4.74 Å². The number of nitriles is 1. The fraction of sp³-hybridized carbons (Fsp3) is 0.0400. The van der Waals surface area contributed by atoms with Gasteiger partial charge >= 0.3 is 5.69 Å². The summed E-state index contributed by atoms with van der Waals surface area (Å²) in [5.74, 6) is 0.811. The molecule has 7 nitrogen and oxygen atoms in total. The van der Waals surface area contributed by atoms with E-state index in [1.165, 1.54) is 25.5 Å². The van der Waals surface area contributed by atoms with Gasteiger partial charge in [0.15, 0.2) is 5.75 Å². The predicted molar refractivity (Wildman–Crippen MR) is 121 cm³/mol. The number of benzene rings is 3. The summed E-state index contributed by atoms with van der Waals surface area (Å²) >= 11 is 0. The van der Waals surface area contributed by atoms with Gasteiger partial charge in [0.25, 0.3) is 0 Å². The van der Waals surface area contributed by atoms with Crippen molar-refractivity contribution in [3.05, 3.63) is 100 Å². The molecule has 0 aliphatic carbocycles. The first kappa shape index (κ1) is 20.6. The van der Waals surface area contributed by atoms with E-state index < -0.39 is 4.92 Å². The van der Waals surface area contributed by atoms with Gasteiger partial charge in [-0.3, -0.25) is 10.1 Å². The molecule has 0 bridgehead atoms. The van der Waals surface area contributed by atoms with Crippen LogP contribution in [-0.2, 0) is 0 Å². The van der Waals surface area contributed by atoms with E-state index in [2.05, 4.69) is 11.1 Å². The second-order valence-corrected chi connectivity index (χ2v) is 6.78. The Kier molecular flexibility index (Phi) is 5.77.